The third-order valence-corrected chi connectivity index (χ3v) is 14.2. The van der Waals surface area contributed by atoms with Crippen molar-refractivity contribution in [3.05, 3.63) is 41.7 Å². The Morgan fingerprint density at radius 3 is 2.54 bits per heavy atom. The molecule has 3 N–H and O–H groups in total. The fourth-order valence-electron chi connectivity index (χ4n) is 8.69. The predicted octanol–water partition coefficient (Wildman–Crippen LogP) is 4.95. The zero-order valence-electron chi connectivity index (χ0n) is 32.2. The fourth-order valence-corrected chi connectivity index (χ4v) is 10.1. The number of sulfonamides is 1. The van der Waals surface area contributed by atoms with E-state index in [-0.39, 0.29) is 37.3 Å². The van der Waals surface area contributed by atoms with Gasteiger partial charge in [0.05, 0.1) is 11.8 Å². The Morgan fingerprint density at radius 1 is 0.982 bits per heavy atom. The van der Waals surface area contributed by atoms with E-state index in [1.54, 1.807) is 0 Å². The Labute approximate surface area is 331 Å². The highest BCUT2D eigenvalue weighted by Gasteiger charge is 2.62. The maximum atomic E-state index is 14.7. The highest BCUT2D eigenvalue weighted by molar-refractivity contribution is 7.91. The van der Waals surface area contributed by atoms with Crippen LogP contribution in [-0.4, -0.2) is 88.7 Å². The molecule has 304 valence electrons. The second kappa shape index (κ2) is 14.9. The quantitative estimate of drug-likeness (QED) is 0.261. The van der Waals surface area contributed by atoms with Crippen molar-refractivity contribution in [2.24, 2.45) is 5.92 Å². The number of benzene rings is 1. The van der Waals surface area contributed by atoms with E-state index in [1.165, 1.54) is 4.90 Å². The number of hydrogen-bond donors (Lipinski definition) is 3. The lowest BCUT2D eigenvalue weighted by atomic mass is 10.0. The van der Waals surface area contributed by atoms with Gasteiger partial charge in [0.1, 0.15) is 46.8 Å². The molecule has 15 nitrogen and oxygen atoms in total. The van der Waals surface area contributed by atoms with E-state index in [2.05, 4.69) is 15.4 Å². The van der Waals surface area contributed by atoms with Gasteiger partial charge < -0.3 is 29.4 Å². The number of rotatable bonds is 8. The minimum absolute atomic E-state index is 0.0189. The van der Waals surface area contributed by atoms with Crippen LogP contribution in [0.2, 0.25) is 0 Å². The molecule has 0 unspecified atom stereocenters. The summed E-state index contributed by atoms with van der Waals surface area (Å²) in [5.41, 5.74) is 1.18. The van der Waals surface area contributed by atoms with Crippen LogP contribution in [0.1, 0.15) is 114 Å². The summed E-state index contributed by atoms with van der Waals surface area (Å²) in [5, 5.41) is 5.95. The summed E-state index contributed by atoms with van der Waals surface area (Å²) < 4.78 is 46.6. The summed E-state index contributed by atoms with van der Waals surface area (Å²) in [7, 11) is -3.90. The van der Waals surface area contributed by atoms with Crippen molar-refractivity contribution in [1.82, 2.24) is 30.2 Å². The molecular weight excluding hydrogens is 753 g/mol. The van der Waals surface area contributed by atoms with E-state index in [0.29, 0.717) is 54.6 Å². The van der Waals surface area contributed by atoms with Crippen molar-refractivity contribution in [2.75, 3.05) is 6.54 Å². The lowest BCUT2D eigenvalue weighted by Crippen LogP contribution is -2.58. The number of ether oxygens (including phenoxy) is 2. The Bertz CT molecular complexity index is 2240. The summed E-state index contributed by atoms with van der Waals surface area (Å²) in [4.78, 5) is 67.3. The van der Waals surface area contributed by atoms with Gasteiger partial charge in [0.2, 0.25) is 27.4 Å². The number of carbonyl (C=O) groups is 4. The Morgan fingerprint density at radius 2 is 1.77 bits per heavy atom. The average molecular weight is 803 g/mol. The van der Waals surface area contributed by atoms with E-state index >= 15 is 0 Å². The Kier molecular flexibility index (Phi) is 9.88. The number of amides is 4. The van der Waals surface area contributed by atoms with Crippen molar-refractivity contribution >= 4 is 55.9 Å². The van der Waals surface area contributed by atoms with Crippen LogP contribution in [0.4, 0.5) is 4.79 Å². The summed E-state index contributed by atoms with van der Waals surface area (Å²) >= 11 is 0. The van der Waals surface area contributed by atoms with Crippen LogP contribution in [0.25, 0.3) is 22.1 Å². The number of nitrogens with zero attached hydrogens (tertiary/aromatic N) is 3. The molecule has 4 saturated carbocycles. The maximum absolute atomic E-state index is 14.7. The van der Waals surface area contributed by atoms with Crippen LogP contribution in [0, 0.1) is 12.8 Å². The molecular formula is C41H50N6O9S. The third-order valence-electron chi connectivity index (χ3n) is 12.4. The average Bonchev–Trinajstić information content (AvgIpc) is 4.14. The monoisotopic (exact) mass is 802 g/mol. The first-order chi connectivity index (χ1) is 27.5. The van der Waals surface area contributed by atoms with Crippen LogP contribution in [-0.2, 0) is 29.1 Å². The highest BCUT2D eigenvalue weighted by Crippen LogP contribution is 2.46. The summed E-state index contributed by atoms with van der Waals surface area (Å²) in [6, 6.07) is 3.76. The Balaban J connectivity index is 1.03. The topological polar surface area (TPSA) is 199 Å². The van der Waals surface area contributed by atoms with Gasteiger partial charge >= 0.3 is 6.09 Å². The van der Waals surface area contributed by atoms with Crippen LogP contribution in [0.15, 0.2) is 34.8 Å². The molecule has 5 atom stereocenters. The molecule has 57 heavy (non-hydrogen) atoms. The fraction of sp³-hybridized carbons (Fsp3) is 0.610. The zero-order valence-corrected chi connectivity index (χ0v) is 33.0. The van der Waals surface area contributed by atoms with E-state index in [1.807, 2.05) is 37.3 Å². The number of furan rings is 1. The number of aryl methyl sites for hydroxylation is 1. The molecule has 4 aliphatic carbocycles. The van der Waals surface area contributed by atoms with Crippen molar-refractivity contribution in [2.45, 2.75) is 144 Å². The first-order valence-corrected chi connectivity index (χ1v) is 22.2. The van der Waals surface area contributed by atoms with Crippen molar-refractivity contribution in [1.29, 1.82) is 0 Å². The second-order valence-corrected chi connectivity index (χ2v) is 18.9. The SMILES string of the molecule is Cc1ccc2oc3c(O[C@@H]4C[C@H]5C(=O)N[C@]6(C(=O)NS(=O)(=O)C7CC7)C[C@@H]6/C=C\CCCCC[C@H](NC(=O)OC6CCCC6)C(=O)N5C4)nc(C4CC4)nc3c2c1. The highest BCUT2D eigenvalue weighted by atomic mass is 32.2. The molecule has 1 aromatic carbocycles. The third kappa shape index (κ3) is 7.81. The van der Waals surface area contributed by atoms with E-state index in [9.17, 15) is 27.6 Å². The van der Waals surface area contributed by atoms with Gasteiger partial charge in [0.15, 0.2) is 0 Å². The van der Waals surface area contributed by atoms with E-state index < -0.39 is 68.7 Å². The van der Waals surface area contributed by atoms with Gasteiger partial charge in [-0.3, -0.25) is 19.1 Å². The van der Waals surface area contributed by atoms with Crippen molar-refractivity contribution < 1.29 is 41.5 Å². The molecule has 4 amide bonds. The molecule has 1 saturated heterocycles. The largest absolute Gasteiger partial charge is 0.470 e. The normalized spacial score (nSPS) is 29.2. The standard InChI is InChI=1S/C41H50N6O9S/c1-23-13-18-32-29(19-23)33-34(56-32)37(44-35(43-33)24-14-15-24)54-27-20-31-36(48)45-41(39(50)46-57(52,53)28-16-17-28)21-25(41)9-5-3-2-4-6-12-30(38(49)47(31)22-27)42-40(51)55-26-10-7-8-11-26/h5,9,13,18-19,24-28,30-31H,2-4,6-8,10-12,14-17,20-22H2,1H3,(H,42,51)(H,45,48)(H,46,50)/b9-5-/t25-,27+,30-,31-,41+/m0/s1. The van der Waals surface area contributed by atoms with Crippen molar-refractivity contribution in [3.8, 4) is 5.88 Å². The molecule has 9 rings (SSSR count). The lowest BCUT2D eigenvalue weighted by molar-refractivity contribution is -0.141. The molecule has 3 aromatic rings. The molecule has 5 fully saturated rings. The number of aromatic nitrogens is 2. The maximum Gasteiger partial charge on any atom is 0.408 e. The van der Waals surface area contributed by atoms with Gasteiger partial charge in [-0.05, 0) is 96.1 Å². The van der Waals surface area contributed by atoms with Gasteiger partial charge in [0.25, 0.3) is 11.8 Å². The first kappa shape index (κ1) is 37.8. The molecule has 6 aliphatic rings. The number of fused-ring (bicyclic) bond motifs is 5. The van der Waals surface area contributed by atoms with E-state index in [4.69, 9.17) is 23.9 Å². The Hall–Kier alpha value is -4.73. The summed E-state index contributed by atoms with van der Waals surface area (Å²) in [6.07, 6.45) is 12.1. The van der Waals surface area contributed by atoms with Crippen LogP contribution in [0.3, 0.4) is 0 Å². The first-order valence-electron chi connectivity index (χ1n) is 20.7. The van der Waals surface area contributed by atoms with Gasteiger partial charge in [0, 0.05) is 23.6 Å². The number of nitrogens with one attached hydrogen (secondary N) is 3. The molecule has 0 spiro atoms. The lowest BCUT2D eigenvalue weighted by Gasteiger charge is -2.30. The van der Waals surface area contributed by atoms with Crippen LogP contribution in [0.5, 0.6) is 5.88 Å². The zero-order chi connectivity index (χ0) is 39.5. The molecule has 0 radical (unpaired) electrons. The minimum Gasteiger partial charge on any atom is -0.470 e. The smallest absolute Gasteiger partial charge is 0.408 e. The predicted molar refractivity (Wildman–Crippen MR) is 208 cm³/mol. The molecule has 2 aliphatic heterocycles. The van der Waals surface area contributed by atoms with Gasteiger partial charge in [-0.1, -0.05) is 36.6 Å². The summed E-state index contributed by atoms with van der Waals surface area (Å²) in [5.74, 6) is -1.22. The number of alkyl carbamates (subject to hydrolysis) is 1. The molecule has 2 aromatic heterocycles. The number of hydrogen-bond acceptors (Lipinski definition) is 11. The minimum atomic E-state index is -3.90. The van der Waals surface area contributed by atoms with Gasteiger partial charge in [-0.15, -0.1) is 0 Å². The van der Waals surface area contributed by atoms with Gasteiger partial charge in [-0.25, -0.2) is 18.2 Å². The second-order valence-electron chi connectivity index (χ2n) is 16.9. The van der Waals surface area contributed by atoms with E-state index in [0.717, 1.165) is 62.3 Å². The number of carbonyl (C=O) groups excluding carboxylic acids is 4. The number of allylic oxidation sites excluding steroid dienone is 1. The van der Waals surface area contributed by atoms with Crippen LogP contribution < -0.4 is 20.1 Å². The molecule has 16 heteroatoms. The van der Waals surface area contributed by atoms with Gasteiger partial charge in [-0.2, -0.15) is 4.98 Å². The van der Waals surface area contributed by atoms with Crippen molar-refractivity contribution in [3.63, 3.8) is 0 Å². The molecule has 0 bridgehead atoms. The molecule has 4 heterocycles. The van der Waals surface area contributed by atoms with Crippen LogP contribution >= 0.6 is 0 Å². The summed E-state index contributed by atoms with van der Waals surface area (Å²) in [6.45, 7) is 1.98.